The Morgan fingerprint density at radius 2 is 2.00 bits per heavy atom. The summed E-state index contributed by atoms with van der Waals surface area (Å²) in [5, 5.41) is 3.24. The predicted octanol–water partition coefficient (Wildman–Crippen LogP) is 2.90. The average Bonchev–Trinajstić information content (AvgIpc) is 2.29. The zero-order chi connectivity index (χ0) is 13.7. The molecule has 1 aromatic rings. The van der Waals surface area contributed by atoms with Crippen molar-refractivity contribution in [2.45, 2.75) is 40.7 Å². The molecule has 0 aromatic carbocycles. The summed E-state index contributed by atoms with van der Waals surface area (Å²) in [5.74, 6) is 1.86. The van der Waals surface area contributed by atoms with Crippen LogP contribution in [0.5, 0.6) is 0 Å². The Kier molecular flexibility index (Phi) is 5.60. The minimum Gasteiger partial charge on any atom is -0.359 e. The standard InChI is InChI=1S/C15H27N3/c1-11(2)7-8-18(6)15-14(10-16-5)12(3)9-13(4)17-15/h9,11,16H,7-8,10H2,1-6H3. The molecule has 0 unspecified atom stereocenters. The predicted molar refractivity (Wildman–Crippen MR) is 79.2 cm³/mol. The third kappa shape index (κ3) is 3.98. The van der Waals surface area contributed by atoms with E-state index in [4.69, 9.17) is 4.98 Å². The van der Waals surface area contributed by atoms with E-state index in [1.54, 1.807) is 0 Å². The molecule has 1 heterocycles. The molecule has 0 atom stereocenters. The molecule has 0 amide bonds. The van der Waals surface area contributed by atoms with Crippen LogP contribution in [0.15, 0.2) is 6.07 Å². The van der Waals surface area contributed by atoms with Crippen molar-refractivity contribution in [2.75, 3.05) is 25.5 Å². The number of aryl methyl sites for hydroxylation is 2. The molecule has 0 bridgehead atoms. The summed E-state index contributed by atoms with van der Waals surface area (Å²) in [6, 6.07) is 2.16. The third-order valence-corrected chi connectivity index (χ3v) is 3.21. The highest BCUT2D eigenvalue weighted by molar-refractivity contribution is 5.51. The highest BCUT2D eigenvalue weighted by atomic mass is 15.2. The first kappa shape index (κ1) is 15.0. The fraction of sp³-hybridized carbons (Fsp3) is 0.667. The number of hydrogen-bond acceptors (Lipinski definition) is 3. The lowest BCUT2D eigenvalue weighted by molar-refractivity contribution is 0.582. The van der Waals surface area contributed by atoms with Crippen LogP contribution in [-0.4, -0.2) is 25.6 Å². The van der Waals surface area contributed by atoms with Crippen LogP contribution < -0.4 is 10.2 Å². The van der Waals surface area contributed by atoms with Crippen molar-refractivity contribution in [1.82, 2.24) is 10.3 Å². The van der Waals surface area contributed by atoms with Crippen LogP contribution in [0.4, 0.5) is 5.82 Å². The number of rotatable bonds is 6. The van der Waals surface area contributed by atoms with Gasteiger partial charge in [0, 0.05) is 31.4 Å². The Hall–Kier alpha value is -1.09. The number of hydrogen-bond donors (Lipinski definition) is 1. The summed E-state index contributed by atoms with van der Waals surface area (Å²) < 4.78 is 0. The first-order chi connectivity index (χ1) is 8.45. The van der Waals surface area contributed by atoms with Gasteiger partial charge in [-0.3, -0.25) is 0 Å². The van der Waals surface area contributed by atoms with Gasteiger partial charge in [0.15, 0.2) is 0 Å². The molecular formula is C15H27N3. The Morgan fingerprint density at radius 1 is 1.33 bits per heavy atom. The molecule has 1 aromatic heterocycles. The van der Waals surface area contributed by atoms with Crippen molar-refractivity contribution in [1.29, 1.82) is 0 Å². The van der Waals surface area contributed by atoms with Gasteiger partial charge in [-0.15, -0.1) is 0 Å². The van der Waals surface area contributed by atoms with Crippen molar-refractivity contribution in [2.24, 2.45) is 5.92 Å². The largest absolute Gasteiger partial charge is 0.359 e. The molecule has 0 saturated heterocycles. The van der Waals surface area contributed by atoms with Gasteiger partial charge >= 0.3 is 0 Å². The number of pyridine rings is 1. The normalized spacial score (nSPS) is 11.1. The van der Waals surface area contributed by atoms with Crippen molar-refractivity contribution in [3.05, 3.63) is 22.9 Å². The average molecular weight is 249 g/mol. The lowest BCUT2D eigenvalue weighted by atomic mass is 10.1. The van der Waals surface area contributed by atoms with Gasteiger partial charge in [-0.25, -0.2) is 4.98 Å². The Bertz CT molecular complexity index is 386. The van der Waals surface area contributed by atoms with E-state index in [1.807, 2.05) is 7.05 Å². The SMILES string of the molecule is CNCc1c(C)cc(C)nc1N(C)CCC(C)C. The van der Waals surface area contributed by atoms with Crippen LogP contribution in [-0.2, 0) is 6.54 Å². The maximum atomic E-state index is 4.72. The van der Waals surface area contributed by atoms with Gasteiger partial charge in [0.05, 0.1) is 0 Å². The van der Waals surface area contributed by atoms with Crippen molar-refractivity contribution in [3.8, 4) is 0 Å². The van der Waals surface area contributed by atoms with E-state index in [1.165, 1.54) is 17.5 Å². The summed E-state index contributed by atoms with van der Waals surface area (Å²) in [6.07, 6.45) is 1.20. The minimum atomic E-state index is 0.728. The van der Waals surface area contributed by atoms with Crippen LogP contribution in [0.2, 0.25) is 0 Å². The van der Waals surface area contributed by atoms with E-state index in [2.05, 4.69) is 51.0 Å². The number of anilines is 1. The smallest absolute Gasteiger partial charge is 0.133 e. The first-order valence-corrected chi connectivity index (χ1v) is 6.78. The molecule has 0 aliphatic carbocycles. The molecule has 3 heteroatoms. The van der Waals surface area contributed by atoms with Crippen molar-refractivity contribution in [3.63, 3.8) is 0 Å². The number of nitrogens with one attached hydrogen (secondary N) is 1. The Balaban J connectivity index is 2.97. The minimum absolute atomic E-state index is 0.728. The molecule has 0 aliphatic heterocycles. The molecule has 18 heavy (non-hydrogen) atoms. The summed E-state index contributed by atoms with van der Waals surface area (Å²) in [4.78, 5) is 7.00. The second-order valence-corrected chi connectivity index (χ2v) is 5.52. The van der Waals surface area contributed by atoms with Crippen LogP contribution in [0, 0.1) is 19.8 Å². The highest BCUT2D eigenvalue weighted by Gasteiger charge is 2.12. The summed E-state index contributed by atoms with van der Waals surface area (Å²) in [5.41, 5.74) is 3.73. The van der Waals surface area contributed by atoms with E-state index in [0.29, 0.717) is 0 Å². The quantitative estimate of drug-likeness (QED) is 0.840. The van der Waals surface area contributed by atoms with E-state index in [-0.39, 0.29) is 0 Å². The zero-order valence-electron chi connectivity index (χ0n) is 12.7. The van der Waals surface area contributed by atoms with Gasteiger partial charge in [-0.2, -0.15) is 0 Å². The Labute approximate surface area is 112 Å². The zero-order valence-corrected chi connectivity index (χ0v) is 12.7. The van der Waals surface area contributed by atoms with Gasteiger partial charge in [0.2, 0.25) is 0 Å². The third-order valence-electron chi connectivity index (χ3n) is 3.21. The fourth-order valence-electron chi connectivity index (χ4n) is 2.11. The van der Waals surface area contributed by atoms with E-state index < -0.39 is 0 Å². The summed E-state index contributed by atoms with van der Waals surface area (Å²) in [6.45, 7) is 10.7. The monoisotopic (exact) mass is 249 g/mol. The van der Waals surface area contributed by atoms with Crippen LogP contribution >= 0.6 is 0 Å². The maximum absolute atomic E-state index is 4.72. The van der Waals surface area contributed by atoms with E-state index in [0.717, 1.165) is 30.5 Å². The van der Waals surface area contributed by atoms with Gasteiger partial charge in [0.1, 0.15) is 5.82 Å². The van der Waals surface area contributed by atoms with Gasteiger partial charge in [0.25, 0.3) is 0 Å². The van der Waals surface area contributed by atoms with Crippen LogP contribution in [0.1, 0.15) is 37.1 Å². The van der Waals surface area contributed by atoms with Crippen LogP contribution in [0.3, 0.4) is 0 Å². The Morgan fingerprint density at radius 3 is 2.56 bits per heavy atom. The summed E-state index contributed by atoms with van der Waals surface area (Å²) >= 11 is 0. The molecule has 102 valence electrons. The second-order valence-electron chi connectivity index (χ2n) is 5.52. The van der Waals surface area contributed by atoms with Crippen molar-refractivity contribution >= 4 is 5.82 Å². The van der Waals surface area contributed by atoms with Gasteiger partial charge in [-0.1, -0.05) is 13.8 Å². The number of aromatic nitrogens is 1. The lowest BCUT2D eigenvalue weighted by Crippen LogP contribution is -2.24. The van der Waals surface area contributed by atoms with Crippen LogP contribution in [0.25, 0.3) is 0 Å². The molecule has 0 aliphatic rings. The first-order valence-electron chi connectivity index (χ1n) is 6.78. The van der Waals surface area contributed by atoms with E-state index in [9.17, 15) is 0 Å². The fourth-order valence-corrected chi connectivity index (χ4v) is 2.11. The highest BCUT2D eigenvalue weighted by Crippen LogP contribution is 2.22. The van der Waals surface area contributed by atoms with E-state index >= 15 is 0 Å². The molecular weight excluding hydrogens is 222 g/mol. The summed E-state index contributed by atoms with van der Waals surface area (Å²) in [7, 11) is 4.12. The topological polar surface area (TPSA) is 28.2 Å². The van der Waals surface area contributed by atoms with Gasteiger partial charge < -0.3 is 10.2 Å². The molecule has 1 N–H and O–H groups in total. The molecule has 1 rings (SSSR count). The number of nitrogens with zero attached hydrogens (tertiary/aromatic N) is 2. The van der Waals surface area contributed by atoms with Crippen molar-refractivity contribution < 1.29 is 0 Å². The molecule has 0 fully saturated rings. The lowest BCUT2D eigenvalue weighted by Gasteiger charge is -2.24. The molecule has 3 nitrogen and oxygen atoms in total. The molecule has 0 spiro atoms. The second kappa shape index (κ2) is 6.74. The maximum Gasteiger partial charge on any atom is 0.133 e. The molecule has 0 radical (unpaired) electrons. The van der Waals surface area contributed by atoms with Gasteiger partial charge in [-0.05, 0) is 44.9 Å². The molecule has 0 saturated carbocycles.